The van der Waals surface area contributed by atoms with Gasteiger partial charge < -0.3 is 10.6 Å². The number of aryl methyl sites for hydroxylation is 1. The molecular formula is C15H19N3. The van der Waals surface area contributed by atoms with E-state index in [0.29, 0.717) is 6.04 Å². The number of aromatic nitrogens is 1. The molecule has 0 spiro atoms. The van der Waals surface area contributed by atoms with Crippen molar-refractivity contribution in [3.8, 4) is 0 Å². The van der Waals surface area contributed by atoms with Crippen LogP contribution in [0.2, 0.25) is 0 Å². The third-order valence-electron chi connectivity index (χ3n) is 3.61. The van der Waals surface area contributed by atoms with Crippen molar-refractivity contribution in [1.82, 2.24) is 10.3 Å². The first-order valence-corrected chi connectivity index (χ1v) is 6.66. The molecule has 1 saturated heterocycles. The second-order valence-corrected chi connectivity index (χ2v) is 4.98. The van der Waals surface area contributed by atoms with Gasteiger partial charge in [0.15, 0.2) is 0 Å². The van der Waals surface area contributed by atoms with Crippen LogP contribution in [0.3, 0.4) is 0 Å². The first kappa shape index (κ1) is 11.5. The van der Waals surface area contributed by atoms with E-state index in [1.54, 1.807) is 0 Å². The second kappa shape index (κ2) is 4.94. The molecule has 1 aliphatic heterocycles. The van der Waals surface area contributed by atoms with Crippen LogP contribution in [-0.4, -0.2) is 24.1 Å². The van der Waals surface area contributed by atoms with E-state index >= 15 is 0 Å². The number of piperidine rings is 1. The Bertz CT molecular complexity index is 544. The molecule has 0 bridgehead atoms. The largest absolute Gasteiger partial charge is 0.381 e. The number of nitrogens with one attached hydrogen (secondary N) is 2. The molecule has 2 heterocycles. The van der Waals surface area contributed by atoms with Crippen molar-refractivity contribution in [3.05, 3.63) is 36.0 Å². The molecule has 94 valence electrons. The lowest BCUT2D eigenvalue weighted by molar-refractivity contribution is 0.479. The quantitative estimate of drug-likeness (QED) is 0.849. The van der Waals surface area contributed by atoms with Gasteiger partial charge in [-0.3, -0.25) is 4.98 Å². The zero-order valence-corrected chi connectivity index (χ0v) is 10.7. The number of benzene rings is 1. The van der Waals surface area contributed by atoms with Gasteiger partial charge in [-0.05, 0) is 45.0 Å². The van der Waals surface area contributed by atoms with Gasteiger partial charge in [0.2, 0.25) is 0 Å². The molecule has 0 atom stereocenters. The lowest BCUT2D eigenvalue weighted by atomic mass is 10.1. The fourth-order valence-electron chi connectivity index (χ4n) is 2.54. The van der Waals surface area contributed by atoms with E-state index in [-0.39, 0.29) is 0 Å². The monoisotopic (exact) mass is 241 g/mol. The van der Waals surface area contributed by atoms with Crippen LogP contribution >= 0.6 is 0 Å². The summed E-state index contributed by atoms with van der Waals surface area (Å²) in [6.07, 6.45) is 2.37. The van der Waals surface area contributed by atoms with Crippen LogP contribution in [0.5, 0.6) is 0 Å². The molecule has 0 unspecified atom stereocenters. The number of pyridine rings is 1. The van der Waals surface area contributed by atoms with E-state index in [2.05, 4.69) is 46.8 Å². The minimum Gasteiger partial charge on any atom is -0.381 e. The normalized spacial score (nSPS) is 16.9. The Morgan fingerprint density at radius 2 is 2.00 bits per heavy atom. The van der Waals surface area contributed by atoms with Crippen molar-refractivity contribution in [2.45, 2.75) is 25.8 Å². The Morgan fingerprint density at radius 1 is 1.22 bits per heavy atom. The molecule has 1 aromatic heterocycles. The van der Waals surface area contributed by atoms with Crippen LogP contribution in [-0.2, 0) is 0 Å². The zero-order chi connectivity index (χ0) is 12.4. The van der Waals surface area contributed by atoms with Crippen LogP contribution in [0.4, 0.5) is 5.69 Å². The maximum absolute atomic E-state index is 4.66. The highest BCUT2D eigenvalue weighted by Gasteiger charge is 2.13. The highest BCUT2D eigenvalue weighted by molar-refractivity contribution is 5.82. The summed E-state index contributed by atoms with van der Waals surface area (Å²) in [6, 6.07) is 11.1. The standard InChI is InChI=1S/C15H19N3/c1-11-15(18-13-6-8-16-9-7-13)10-12-4-2-3-5-14(12)17-11/h2-5,10,13,16,18H,6-9H2,1H3. The van der Waals surface area contributed by atoms with Crippen molar-refractivity contribution in [3.63, 3.8) is 0 Å². The van der Waals surface area contributed by atoms with E-state index in [9.17, 15) is 0 Å². The fourth-order valence-corrected chi connectivity index (χ4v) is 2.54. The molecular weight excluding hydrogens is 222 g/mol. The van der Waals surface area contributed by atoms with Crippen molar-refractivity contribution in [2.75, 3.05) is 18.4 Å². The van der Waals surface area contributed by atoms with Crippen molar-refractivity contribution in [1.29, 1.82) is 0 Å². The number of para-hydroxylation sites is 1. The Balaban J connectivity index is 1.88. The molecule has 3 nitrogen and oxygen atoms in total. The summed E-state index contributed by atoms with van der Waals surface area (Å²) < 4.78 is 0. The molecule has 3 rings (SSSR count). The molecule has 18 heavy (non-hydrogen) atoms. The number of hydrogen-bond acceptors (Lipinski definition) is 3. The summed E-state index contributed by atoms with van der Waals surface area (Å²) in [7, 11) is 0. The lowest BCUT2D eigenvalue weighted by Crippen LogP contribution is -2.35. The third-order valence-corrected chi connectivity index (χ3v) is 3.61. The number of fused-ring (bicyclic) bond motifs is 1. The van der Waals surface area contributed by atoms with E-state index in [1.165, 1.54) is 23.9 Å². The molecule has 0 radical (unpaired) electrons. The summed E-state index contributed by atoms with van der Waals surface area (Å²) in [6.45, 7) is 4.30. The average molecular weight is 241 g/mol. The van der Waals surface area contributed by atoms with Gasteiger partial charge in [0.1, 0.15) is 0 Å². The van der Waals surface area contributed by atoms with Gasteiger partial charge in [0, 0.05) is 11.4 Å². The number of hydrogen-bond donors (Lipinski definition) is 2. The maximum Gasteiger partial charge on any atom is 0.0706 e. The minimum atomic E-state index is 0.577. The Labute approximate surface area is 108 Å². The predicted molar refractivity (Wildman–Crippen MR) is 76.0 cm³/mol. The Hall–Kier alpha value is -1.61. The summed E-state index contributed by atoms with van der Waals surface area (Å²) in [5.41, 5.74) is 3.35. The molecule has 0 aliphatic carbocycles. The summed E-state index contributed by atoms with van der Waals surface area (Å²) in [5, 5.41) is 8.24. The zero-order valence-electron chi connectivity index (χ0n) is 10.7. The summed E-state index contributed by atoms with van der Waals surface area (Å²) >= 11 is 0. The van der Waals surface area contributed by atoms with Crippen LogP contribution in [0.25, 0.3) is 10.9 Å². The van der Waals surface area contributed by atoms with Gasteiger partial charge in [0.05, 0.1) is 16.9 Å². The predicted octanol–water partition coefficient (Wildman–Crippen LogP) is 2.71. The van der Waals surface area contributed by atoms with Gasteiger partial charge in [-0.15, -0.1) is 0 Å². The molecule has 2 N–H and O–H groups in total. The minimum absolute atomic E-state index is 0.577. The second-order valence-electron chi connectivity index (χ2n) is 4.98. The molecule has 1 aromatic carbocycles. The molecule has 1 fully saturated rings. The van der Waals surface area contributed by atoms with Crippen molar-refractivity contribution < 1.29 is 0 Å². The molecule has 1 aliphatic rings. The maximum atomic E-state index is 4.66. The Kier molecular flexibility index (Phi) is 3.15. The highest BCUT2D eigenvalue weighted by Crippen LogP contribution is 2.22. The van der Waals surface area contributed by atoms with Crippen LogP contribution in [0.1, 0.15) is 18.5 Å². The van der Waals surface area contributed by atoms with Crippen LogP contribution in [0.15, 0.2) is 30.3 Å². The van der Waals surface area contributed by atoms with E-state index in [0.717, 1.165) is 24.3 Å². The SMILES string of the molecule is Cc1nc2ccccc2cc1NC1CCNCC1. The fraction of sp³-hybridized carbons (Fsp3) is 0.400. The van der Waals surface area contributed by atoms with Crippen molar-refractivity contribution in [2.24, 2.45) is 0 Å². The van der Waals surface area contributed by atoms with Gasteiger partial charge >= 0.3 is 0 Å². The smallest absolute Gasteiger partial charge is 0.0706 e. The number of nitrogens with zero attached hydrogens (tertiary/aromatic N) is 1. The van der Waals surface area contributed by atoms with E-state index in [4.69, 9.17) is 0 Å². The topological polar surface area (TPSA) is 37.0 Å². The van der Waals surface area contributed by atoms with Crippen LogP contribution in [0, 0.1) is 6.92 Å². The van der Waals surface area contributed by atoms with Gasteiger partial charge in [0.25, 0.3) is 0 Å². The molecule has 0 saturated carbocycles. The Morgan fingerprint density at radius 3 is 2.83 bits per heavy atom. The average Bonchev–Trinajstić information content (AvgIpc) is 2.41. The van der Waals surface area contributed by atoms with E-state index in [1.807, 2.05) is 6.07 Å². The molecule has 0 amide bonds. The van der Waals surface area contributed by atoms with Crippen molar-refractivity contribution >= 4 is 16.6 Å². The van der Waals surface area contributed by atoms with Crippen LogP contribution < -0.4 is 10.6 Å². The van der Waals surface area contributed by atoms with Gasteiger partial charge in [-0.1, -0.05) is 18.2 Å². The summed E-state index contributed by atoms with van der Waals surface area (Å²) in [5.74, 6) is 0. The van der Waals surface area contributed by atoms with E-state index < -0.39 is 0 Å². The van der Waals surface area contributed by atoms with Gasteiger partial charge in [-0.25, -0.2) is 0 Å². The lowest BCUT2D eigenvalue weighted by Gasteiger charge is -2.25. The first-order chi connectivity index (χ1) is 8.83. The number of rotatable bonds is 2. The molecule has 2 aromatic rings. The number of anilines is 1. The first-order valence-electron chi connectivity index (χ1n) is 6.66. The third kappa shape index (κ3) is 2.31. The highest BCUT2D eigenvalue weighted by atomic mass is 15.0. The molecule has 3 heteroatoms. The van der Waals surface area contributed by atoms with Gasteiger partial charge in [-0.2, -0.15) is 0 Å². The summed E-state index contributed by atoms with van der Waals surface area (Å²) in [4.78, 5) is 4.66.